The number of hydrogen-bond acceptors (Lipinski definition) is 6. The third-order valence-corrected chi connectivity index (χ3v) is 9.15. The van der Waals surface area contributed by atoms with Crippen molar-refractivity contribution in [2.24, 2.45) is 0 Å². The van der Waals surface area contributed by atoms with Crippen molar-refractivity contribution in [3.8, 4) is 16.9 Å². The van der Waals surface area contributed by atoms with Crippen LogP contribution in [0.5, 0.6) is 5.75 Å². The molecule has 4 aromatic rings. The first-order chi connectivity index (χ1) is 19.3. The van der Waals surface area contributed by atoms with Gasteiger partial charge in [0, 0.05) is 59.0 Å². The van der Waals surface area contributed by atoms with E-state index in [1.807, 2.05) is 49.4 Å². The second kappa shape index (κ2) is 12.0. The standard InChI is InChI=1S/C31H32ClN3O4S/c1-18-8-9-20(16-33-18)23-15-25(32)30(39-3)24(17-34-21-10-12-22(13-11-21)35(2)31(37)38)28(23)29(36)27-14-19-6-4-5-7-26(19)40-27/h4-9,14-16,21-22,34H,10-13,17H2,1-3H3,(H,37,38). The van der Waals surface area contributed by atoms with Crippen LogP contribution >= 0.6 is 22.9 Å². The third kappa shape index (κ3) is 5.70. The first kappa shape index (κ1) is 28.1. The number of ketones is 1. The summed E-state index contributed by atoms with van der Waals surface area (Å²) in [5, 5.41) is 14.4. The van der Waals surface area contributed by atoms with E-state index >= 15 is 0 Å². The van der Waals surface area contributed by atoms with Gasteiger partial charge in [-0.3, -0.25) is 9.78 Å². The number of carbonyl (C=O) groups is 2. The number of methoxy groups -OCH3 is 1. The maximum atomic E-state index is 14.3. The van der Waals surface area contributed by atoms with Gasteiger partial charge in [-0.15, -0.1) is 11.3 Å². The molecule has 7 nitrogen and oxygen atoms in total. The Labute approximate surface area is 242 Å². The number of carbonyl (C=O) groups excluding carboxylic acids is 1. The van der Waals surface area contributed by atoms with Crippen LogP contribution in [0.3, 0.4) is 0 Å². The zero-order valence-corrected chi connectivity index (χ0v) is 24.3. The molecule has 2 aromatic carbocycles. The van der Waals surface area contributed by atoms with E-state index in [2.05, 4.69) is 10.3 Å². The van der Waals surface area contributed by atoms with Gasteiger partial charge < -0.3 is 20.1 Å². The molecule has 0 saturated heterocycles. The van der Waals surface area contributed by atoms with Gasteiger partial charge in [0.05, 0.1) is 17.0 Å². The molecule has 0 radical (unpaired) electrons. The highest BCUT2D eigenvalue weighted by Gasteiger charge is 2.29. The first-order valence-electron chi connectivity index (χ1n) is 13.3. The SMILES string of the molecule is COc1c(Cl)cc(-c2ccc(C)nc2)c(C(=O)c2cc3ccccc3s2)c1CNC1CCC(N(C)C(=O)O)CC1. The molecule has 1 saturated carbocycles. The fraction of sp³-hybridized carbons (Fsp3) is 0.323. The number of ether oxygens (including phenoxy) is 1. The Hall–Kier alpha value is -3.46. The molecule has 40 heavy (non-hydrogen) atoms. The van der Waals surface area contributed by atoms with E-state index in [-0.39, 0.29) is 17.9 Å². The van der Waals surface area contributed by atoms with Gasteiger partial charge in [-0.2, -0.15) is 0 Å². The van der Waals surface area contributed by atoms with Crippen LogP contribution in [-0.2, 0) is 6.54 Å². The highest BCUT2D eigenvalue weighted by molar-refractivity contribution is 7.21. The molecule has 1 aliphatic rings. The van der Waals surface area contributed by atoms with E-state index in [0.717, 1.165) is 47.0 Å². The van der Waals surface area contributed by atoms with Crippen LogP contribution in [0, 0.1) is 6.92 Å². The van der Waals surface area contributed by atoms with Crippen molar-refractivity contribution in [3.05, 3.63) is 81.4 Å². The number of pyridine rings is 1. The number of hydrogen-bond donors (Lipinski definition) is 2. The Morgan fingerprint density at radius 1 is 1.15 bits per heavy atom. The van der Waals surface area contributed by atoms with Crippen LogP contribution in [0.15, 0.2) is 54.7 Å². The maximum Gasteiger partial charge on any atom is 0.407 e. The van der Waals surface area contributed by atoms with Gasteiger partial charge in [0.1, 0.15) is 5.75 Å². The lowest BCUT2D eigenvalue weighted by molar-refractivity contribution is 0.104. The van der Waals surface area contributed by atoms with Crippen LogP contribution in [0.2, 0.25) is 5.02 Å². The Kier molecular flexibility index (Phi) is 8.40. The second-order valence-electron chi connectivity index (χ2n) is 10.2. The van der Waals surface area contributed by atoms with Gasteiger partial charge in [0.15, 0.2) is 0 Å². The molecule has 1 amide bonds. The Bertz CT molecular complexity index is 1510. The number of aryl methyl sites for hydroxylation is 1. The predicted octanol–water partition coefficient (Wildman–Crippen LogP) is 7.18. The summed E-state index contributed by atoms with van der Waals surface area (Å²) in [4.78, 5) is 32.2. The molecule has 5 rings (SSSR count). The highest BCUT2D eigenvalue weighted by atomic mass is 35.5. The van der Waals surface area contributed by atoms with Gasteiger partial charge in [-0.1, -0.05) is 35.9 Å². The average molecular weight is 578 g/mol. The van der Waals surface area contributed by atoms with E-state index in [0.29, 0.717) is 38.9 Å². The topological polar surface area (TPSA) is 91.8 Å². The number of fused-ring (bicyclic) bond motifs is 1. The van der Waals surface area contributed by atoms with Crippen molar-refractivity contribution in [1.29, 1.82) is 0 Å². The molecular weight excluding hydrogens is 546 g/mol. The van der Waals surface area contributed by atoms with Crippen molar-refractivity contribution >= 4 is 44.9 Å². The summed E-state index contributed by atoms with van der Waals surface area (Å²) >= 11 is 8.24. The number of benzene rings is 2. The lowest BCUT2D eigenvalue weighted by Gasteiger charge is -2.33. The molecule has 0 aliphatic heterocycles. The monoisotopic (exact) mass is 577 g/mol. The summed E-state index contributed by atoms with van der Waals surface area (Å²) in [6, 6.07) is 15.8. The largest absolute Gasteiger partial charge is 0.495 e. The number of amides is 1. The smallest absolute Gasteiger partial charge is 0.407 e. The molecule has 208 valence electrons. The number of rotatable bonds is 8. The van der Waals surface area contributed by atoms with Crippen LogP contribution in [0.1, 0.15) is 52.2 Å². The second-order valence-corrected chi connectivity index (χ2v) is 11.7. The summed E-state index contributed by atoms with van der Waals surface area (Å²) in [6.07, 6.45) is 4.09. The van der Waals surface area contributed by atoms with E-state index in [4.69, 9.17) is 16.3 Å². The number of aromatic nitrogens is 1. The summed E-state index contributed by atoms with van der Waals surface area (Å²) in [6.45, 7) is 2.30. The van der Waals surface area contributed by atoms with Gasteiger partial charge in [-0.25, -0.2) is 4.79 Å². The minimum absolute atomic E-state index is 0.0157. The third-order valence-electron chi connectivity index (χ3n) is 7.75. The van der Waals surface area contributed by atoms with Crippen molar-refractivity contribution in [2.45, 2.75) is 51.2 Å². The normalized spacial score (nSPS) is 17.1. The quantitative estimate of drug-likeness (QED) is 0.216. The average Bonchev–Trinajstić information content (AvgIpc) is 3.40. The van der Waals surface area contributed by atoms with E-state index < -0.39 is 6.09 Å². The van der Waals surface area contributed by atoms with E-state index in [1.54, 1.807) is 26.4 Å². The summed E-state index contributed by atoms with van der Waals surface area (Å²) in [7, 11) is 3.20. The molecule has 2 heterocycles. The molecule has 2 N–H and O–H groups in total. The predicted molar refractivity (Wildman–Crippen MR) is 160 cm³/mol. The highest BCUT2D eigenvalue weighted by Crippen LogP contribution is 2.41. The number of nitrogens with one attached hydrogen (secondary N) is 1. The van der Waals surface area contributed by atoms with E-state index in [9.17, 15) is 14.7 Å². The van der Waals surface area contributed by atoms with Crippen LogP contribution in [-0.4, -0.2) is 53.1 Å². The first-order valence-corrected chi connectivity index (χ1v) is 14.5. The zero-order valence-electron chi connectivity index (χ0n) is 22.7. The number of carboxylic acid groups (broad SMARTS) is 1. The van der Waals surface area contributed by atoms with Crippen molar-refractivity contribution < 1.29 is 19.4 Å². The summed E-state index contributed by atoms with van der Waals surface area (Å²) in [5.41, 5.74) is 3.65. The summed E-state index contributed by atoms with van der Waals surface area (Å²) in [5.74, 6) is 0.386. The molecular formula is C31H32ClN3O4S. The fourth-order valence-corrected chi connectivity index (χ4v) is 6.78. The van der Waals surface area contributed by atoms with Gasteiger partial charge in [0.2, 0.25) is 5.78 Å². The minimum Gasteiger partial charge on any atom is -0.495 e. The molecule has 9 heteroatoms. The number of halogens is 1. The molecule has 0 atom stereocenters. The van der Waals surface area contributed by atoms with Crippen LogP contribution < -0.4 is 10.1 Å². The molecule has 0 bridgehead atoms. The van der Waals surface area contributed by atoms with Gasteiger partial charge in [0.25, 0.3) is 0 Å². The molecule has 0 unspecified atom stereocenters. The molecule has 1 aliphatic carbocycles. The Balaban J connectivity index is 1.53. The lowest BCUT2D eigenvalue weighted by Crippen LogP contribution is -2.42. The molecule has 0 spiro atoms. The van der Waals surface area contributed by atoms with E-state index in [1.165, 1.54) is 16.2 Å². The van der Waals surface area contributed by atoms with Crippen LogP contribution in [0.25, 0.3) is 21.2 Å². The van der Waals surface area contributed by atoms with Gasteiger partial charge >= 0.3 is 6.09 Å². The maximum absolute atomic E-state index is 14.3. The number of thiophene rings is 1. The lowest BCUT2D eigenvalue weighted by atomic mass is 9.89. The molecule has 1 fully saturated rings. The Morgan fingerprint density at radius 2 is 1.90 bits per heavy atom. The zero-order chi connectivity index (χ0) is 28.4. The van der Waals surface area contributed by atoms with Crippen molar-refractivity contribution in [2.75, 3.05) is 14.2 Å². The fourth-order valence-electron chi connectivity index (χ4n) is 5.48. The summed E-state index contributed by atoms with van der Waals surface area (Å²) < 4.78 is 6.83. The van der Waals surface area contributed by atoms with Gasteiger partial charge in [-0.05, 0) is 67.8 Å². The van der Waals surface area contributed by atoms with Crippen molar-refractivity contribution in [1.82, 2.24) is 15.2 Å². The van der Waals surface area contributed by atoms with Crippen LogP contribution in [0.4, 0.5) is 4.79 Å². The Morgan fingerprint density at radius 3 is 2.55 bits per heavy atom. The van der Waals surface area contributed by atoms with Crippen molar-refractivity contribution in [3.63, 3.8) is 0 Å². The minimum atomic E-state index is -0.900. The molecule has 2 aromatic heterocycles. The number of nitrogens with zero attached hydrogens (tertiary/aromatic N) is 2.